The predicted molar refractivity (Wildman–Crippen MR) is 120 cm³/mol. The van der Waals surface area contributed by atoms with Crippen molar-refractivity contribution < 1.29 is 4.74 Å². The largest absolute Gasteiger partial charge is 0.496 e. The van der Waals surface area contributed by atoms with Gasteiger partial charge >= 0.3 is 0 Å². The van der Waals surface area contributed by atoms with E-state index in [1.165, 1.54) is 5.56 Å². The van der Waals surface area contributed by atoms with E-state index < -0.39 is 0 Å². The molecule has 1 aliphatic rings. The number of para-hydroxylation sites is 1. The number of hydrogen-bond donors (Lipinski definition) is 2. The first-order valence-electron chi connectivity index (χ1n) is 10.6. The molecule has 1 heterocycles. The standard InChI is InChI=1S/C24H34N4O/c1-4-25-24(26-17-21-12-8-9-13-23(21)29-3)27-22-14-15-28(19(2)16-22)18-20-10-6-5-7-11-20/h5-13,19,22H,4,14-18H2,1-3H3,(H2,25,26,27). The van der Waals surface area contributed by atoms with E-state index in [0.717, 1.165) is 49.7 Å². The zero-order valence-corrected chi connectivity index (χ0v) is 17.9. The molecule has 0 aromatic heterocycles. The van der Waals surface area contributed by atoms with Gasteiger partial charge < -0.3 is 15.4 Å². The fourth-order valence-corrected chi connectivity index (χ4v) is 3.92. The van der Waals surface area contributed by atoms with Crippen molar-refractivity contribution in [3.8, 4) is 5.75 Å². The number of hydrogen-bond acceptors (Lipinski definition) is 3. The van der Waals surface area contributed by atoms with Gasteiger partial charge in [0.2, 0.25) is 0 Å². The molecule has 0 spiro atoms. The lowest BCUT2D eigenvalue weighted by atomic mass is 9.97. The number of guanidine groups is 1. The first-order valence-corrected chi connectivity index (χ1v) is 10.6. The Bertz CT molecular complexity index is 777. The van der Waals surface area contributed by atoms with Crippen LogP contribution in [0.25, 0.3) is 0 Å². The van der Waals surface area contributed by atoms with Gasteiger partial charge in [0, 0.05) is 37.3 Å². The molecule has 2 unspecified atom stereocenters. The number of likely N-dealkylation sites (tertiary alicyclic amines) is 1. The Morgan fingerprint density at radius 1 is 1.14 bits per heavy atom. The lowest BCUT2D eigenvalue weighted by Gasteiger charge is -2.38. The Hall–Kier alpha value is -2.53. The van der Waals surface area contributed by atoms with Crippen LogP contribution in [0.15, 0.2) is 59.6 Å². The van der Waals surface area contributed by atoms with Gasteiger partial charge in [0.05, 0.1) is 13.7 Å². The SMILES string of the molecule is CCNC(=NCc1ccccc1OC)NC1CCN(Cc2ccccc2)C(C)C1. The van der Waals surface area contributed by atoms with Crippen LogP contribution in [0.4, 0.5) is 0 Å². The van der Waals surface area contributed by atoms with Crippen molar-refractivity contribution >= 4 is 5.96 Å². The Labute approximate surface area is 175 Å². The average Bonchev–Trinajstić information content (AvgIpc) is 2.75. The maximum absolute atomic E-state index is 5.45. The Balaban J connectivity index is 1.57. The summed E-state index contributed by atoms with van der Waals surface area (Å²) >= 11 is 0. The number of rotatable bonds is 7. The molecule has 5 nitrogen and oxygen atoms in total. The van der Waals surface area contributed by atoms with Gasteiger partial charge in [-0.3, -0.25) is 4.90 Å². The molecule has 0 aliphatic carbocycles. The quantitative estimate of drug-likeness (QED) is 0.554. The third kappa shape index (κ3) is 6.23. The number of benzene rings is 2. The van der Waals surface area contributed by atoms with Crippen LogP contribution >= 0.6 is 0 Å². The first-order chi connectivity index (χ1) is 14.2. The van der Waals surface area contributed by atoms with E-state index in [0.29, 0.717) is 18.6 Å². The summed E-state index contributed by atoms with van der Waals surface area (Å²) in [7, 11) is 1.70. The van der Waals surface area contributed by atoms with Crippen LogP contribution in [0.3, 0.4) is 0 Å². The summed E-state index contributed by atoms with van der Waals surface area (Å²) in [6, 6.07) is 19.8. The molecule has 0 radical (unpaired) electrons. The monoisotopic (exact) mass is 394 g/mol. The number of nitrogens with zero attached hydrogens (tertiary/aromatic N) is 2. The molecule has 5 heteroatoms. The van der Waals surface area contributed by atoms with Crippen LogP contribution in [-0.4, -0.2) is 43.1 Å². The summed E-state index contributed by atoms with van der Waals surface area (Å²) in [5, 5.41) is 7.04. The Morgan fingerprint density at radius 3 is 2.62 bits per heavy atom. The number of nitrogens with one attached hydrogen (secondary N) is 2. The van der Waals surface area contributed by atoms with Gasteiger partial charge in [0.25, 0.3) is 0 Å². The molecule has 2 atom stereocenters. The minimum Gasteiger partial charge on any atom is -0.496 e. The lowest BCUT2D eigenvalue weighted by molar-refractivity contribution is 0.134. The zero-order valence-electron chi connectivity index (χ0n) is 17.9. The highest BCUT2D eigenvalue weighted by Gasteiger charge is 2.26. The highest BCUT2D eigenvalue weighted by molar-refractivity contribution is 5.80. The van der Waals surface area contributed by atoms with Crippen LogP contribution < -0.4 is 15.4 Å². The second-order valence-corrected chi connectivity index (χ2v) is 7.68. The van der Waals surface area contributed by atoms with E-state index in [1.54, 1.807) is 7.11 Å². The third-order valence-corrected chi connectivity index (χ3v) is 5.53. The van der Waals surface area contributed by atoms with Gasteiger partial charge in [-0.1, -0.05) is 48.5 Å². The second kappa shape index (κ2) is 10.9. The highest BCUT2D eigenvalue weighted by atomic mass is 16.5. The van der Waals surface area contributed by atoms with Crippen molar-refractivity contribution in [1.82, 2.24) is 15.5 Å². The molecule has 2 aromatic rings. The smallest absolute Gasteiger partial charge is 0.191 e. The molecule has 29 heavy (non-hydrogen) atoms. The lowest BCUT2D eigenvalue weighted by Crippen LogP contribution is -2.51. The van der Waals surface area contributed by atoms with E-state index in [2.05, 4.69) is 65.8 Å². The van der Waals surface area contributed by atoms with Gasteiger partial charge in [-0.25, -0.2) is 4.99 Å². The summed E-state index contributed by atoms with van der Waals surface area (Å²) < 4.78 is 5.45. The molecular weight excluding hydrogens is 360 g/mol. The minimum atomic E-state index is 0.437. The summed E-state index contributed by atoms with van der Waals surface area (Å²) in [4.78, 5) is 7.37. The first kappa shape index (κ1) is 21.2. The summed E-state index contributed by atoms with van der Waals surface area (Å²) in [5.74, 6) is 1.77. The number of methoxy groups -OCH3 is 1. The molecule has 0 amide bonds. The molecule has 1 saturated heterocycles. The van der Waals surface area contributed by atoms with E-state index in [9.17, 15) is 0 Å². The van der Waals surface area contributed by atoms with Crippen LogP contribution in [0.5, 0.6) is 5.75 Å². The predicted octanol–water partition coefficient (Wildman–Crippen LogP) is 3.80. The molecule has 2 aromatic carbocycles. The molecule has 0 bridgehead atoms. The molecule has 156 valence electrons. The fourth-order valence-electron chi connectivity index (χ4n) is 3.92. The molecule has 3 rings (SSSR count). The fraction of sp³-hybridized carbons (Fsp3) is 0.458. The highest BCUT2D eigenvalue weighted by Crippen LogP contribution is 2.20. The van der Waals surface area contributed by atoms with E-state index in [1.807, 2.05) is 18.2 Å². The van der Waals surface area contributed by atoms with Crippen molar-refractivity contribution in [3.05, 3.63) is 65.7 Å². The van der Waals surface area contributed by atoms with Gasteiger partial charge in [0.15, 0.2) is 5.96 Å². The second-order valence-electron chi connectivity index (χ2n) is 7.68. The normalized spacial score (nSPS) is 20.3. The van der Waals surface area contributed by atoms with Crippen molar-refractivity contribution in [2.24, 2.45) is 4.99 Å². The minimum absolute atomic E-state index is 0.437. The molecule has 1 fully saturated rings. The van der Waals surface area contributed by atoms with Gasteiger partial charge in [-0.2, -0.15) is 0 Å². The maximum atomic E-state index is 5.45. The maximum Gasteiger partial charge on any atom is 0.191 e. The average molecular weight is 395 g/mol. The number of piperidine rings is 1. The number of aliphatic imine (C=N–C) groups is 1. The van der Waals surface area contributed by atoms with Crippen molar-refractivity contribution in [2.45, 2.75) is 51.9 Å². The van der Waals surface area contributed by atoms with Crippen LogP contribution in [-0.2, 0) is 13.1 Å². The van der Waals surface area contributed by atoms with Crippen LogP contribution in [0.2, 0.25) is 0 Å². The van der Waals surface area contributed by atoms with Gasteiger partial charge in [-0.15, -0.1) is 0 Å². The Morgan fingerprint density at radius 2 is 1.90 bits per heavy atom. The van der Waals surface area contributed by atoms with Crippen molar-refractivity contribution in [3.63, 3.8) is 0 Å². The van der Waals surface area contributed by atoms with E-state index in [4.69, 9.17) is 9.73 Å². The van der Waals surface area contributed by atoms with Gasteiger partial charge in [0.1, 0.15) is 5.75 Å². The summed E-state index contributed by atoms with van der Waals surface area (Å²) in [6.45, 7) is 8.00. The van der Waals surface area contributed by atoms with Gasteiger partial charge in [-0.05, 0) is 38.3 Å². The topological polar surface area (TPSA) is 48.9 Å². The van der Waals surface area contributed by atoms with E-state index in [-0.39, 0.29) is 0 Å². The van der Waals surface area contributed by atoms with E-state index >= 15 is 0 Å². The van der Waals surface area contributed by atoms with Crippen molar-refractivity contribution in [2.75, 3.05) is 20.2 Å². The Kier molecular flexibility index (Phi) is 7.94. The van der Waals surface area contributed by atoms with Crippen LogP contribution in [0.1, 0.15) is 37.8 Å². The van der Waals surface area contributed by atoms with Crippen molar-refractivity contribution in [1.29, 1.82) is 0 Å². The zero-order chi connectivity index (χ0) is 20.5. The van der Waals surface area contributed by atoms with Crippen LogP contribution in [0, 0.1) is 0 Å². The molecular formula is C24H34N4O. The third-order valence-electron chi connectivity index (χ3n) is 5.53. The molecule has 1 aliphatic heterocycles. The molecule has 0 saturated carbocycles. The summed E-state index contributed by atoms with van der Waals surface area (Å²) in [6.07, 6.45) is 2.24. The molecule has 2 N–H and O–H groups in total. The summed E-state index contributed by atoms with van der Waals surface area (Å²) in [5.41, 5.74) is 2.48. The number of ether oxygens (including phenoxy) is 1.